The number of aliphatic hydroxyl groups excluding tert-OH is 2. The first-order chi connectivity index (χ1) is 11.9. The van der Waals surface area contributed by atoms with Crippen LogP contribution in [0, 0.1) is 0 Å². The molecule has 2 rings (SSSR count). The van der Waals surface area contributed by atoms with Crippen LogP contribution in [0.15, 0.2) is 46.9 Å². The lowest BCUT2D eigenvalue weighted by atomic mass is 10.0. The molecule has 0 saturated carbocycles. The zero-order chi connectivity index (χ0) is 18.4. The van der Waals surface area contributed by atoms with Crippen LogP contribution >= 0.6 is 27.5 Å². The molecule has 6 nitrogen and oxygen atoms in total. The summed E-state index contributed by atoms with van der Waals surface area (Å²) in [6, 6.07) is 11.9. The number of hydrogen-bond acceptors (Lipinski definition) is 5. The van der Waals surface area contributed by atoms with E-state index in [1.165, 1.54) is 12.1 Å². The van der Waals surface area contributed by atoms with E-state index >= 15 is 0 Å². The molecule has 0 radical (unpaired) electrons. The highest BCUT2D eigenvalue weighted by Gasteiger charge is 2.23. The molecule has 8 heteroatoms. The average molecular weight is 431 g/mol. The van der Waals surface area contributed by atoms with Crippen LogP contribution in [0.4, 0.5) is 4.79 Å². The van der Waals surface area contributed by atoms with Gasteiger partial charge in [-0.05, 0) is 33.6 Å². The maximum Gasteiger partial charge on any atom is 0.407 e. The number of aliphatic hydroxyl groups is 2. The van der Waals surface area contributed by atoms with Gasteiger partial charge < -0.3 is 25.4 Å². The molecule has 2 atom stereocenters. The largest absolute Gasteiger partial charge is 0.506 e. The highest BCUT2D eigenvalue weighted by atomic mass is 79.9. The normalized spacial score (nSPS) is 13.1. The quantitative estimate of drug-likeness (QED) is 0.564. The molecule has 0 aliphatic rings. The summed E-state index contributed by atoms with van der Waals surface area (Å²) in [4.78, 5) is 11.7. The summed E-state index contributed by atoms with van der Waals surface area (Å²) in [5.41, 5.74) is 0.873. The monoisotopic (exact) mass is 429 g/mol. The predicted molar refractivity (Wildman–Crippen MR) is 96.4 cm³/mol. The number of phenolic OH excluding ortho intramolecular Hbond substituents is 1. The summed E-state index contributed by atoms with van der Waals surface area (Å²) >= 11 is 8.98. The van der Waals surface area contributed by atoms with Crippen LogP contribution in [0.25, 0.3) is 0 Å². The molecule has 2 aromatic rings. The van der Waals surface area contributed by atoms with Gasteiger partial charge in [-0.1, -0.05) is 41.9 Å². The van der Waals surface area contributed by atoms with Crippen molar-refractivity contribution in [3.63, 3.8) is 0 Å². The fourth-order valence-corrected chi connectivity index (χ4v) is 2.93. The molecule has 2 aromatic carbocycles. The number of phenols is 1. The average Bonchev–Trinajstić information content (AvgIpc) is 2.61. The van der Waals surface area contributed by atoms with Gasteiger partial charge >= 0.3 is 6.09 Å². The molecular weight excluding hydrogens is 414 g/mol. The second-order valence-corrected chi connectivity index (χ2v) is 6.57. The first kappa shape index (κ1) is 19.5. The van der Waals surface area contributed by atoms with E-state index < -0.39 is 18.3 Å². The first-order valence-corrected chi connectivity index (χ1v) is 8.54. The standard InChI is InChI=1S/C17H17BrClNO5/c18-13-7-11(19)6-12(15(13)22)16(23)14(21)8-20-17(24)25-9-10-4-2-1-3-5-10/h1-7,14,16,21-23H,8-9H2,(H,20,24). The molecule has 0 aliphatic heterocycles. The van der Waals surface area contributed by atoms with Crippen molar-refractivity contribution in [3.05, 3.63) is 63.1 Å². The number of ether oxygens (including phenoxy) is 1. The molecule has 0 bridgehead atoms. The van der Waals surface area contributed by atoms with Crippen LogP contribution in [0.5, 0.6) is 5.75 Å². The van der Waals surface area contributed by atoms with Crippen molar-refractivity contribution >= 4 is 33.6 Å². The van der Waals surface area contributed by atoms with Crippen LogP contribution in [-0.4, -0.2) is 34.1 Å². The topological polar surface area (TPSA) is 99.0 Å². The van der Waals surface area contributed by atoms with Gasteiger partial charge in [0.1, 0.15) is 24.6 Å². The number of aromatic hydroxyl groups is 1. The van der Waals surface area contributed by atoms with Gasteiger partial charge in [0.25, 0.3) is 0 Å². The van der Waals surface area contributed by atoms with Crippen molar-refractivity contribution in [1.82, 2.24) is 5.32 Å². The maximum absolute atomic E-state index is 11.7. The Morgan fingerprint density at radius 3 is 2.60 bits per heavy atom. The highest BCUT2D eigenvalue weighted by Crippen LogP contribution is 2.36. The van der Waals surface area contributed by atoms with Crippen LogP contribution in [0.2, 0.25) is 5.02 Å². The van der Waals surface area contributed by atoms with E-state index in [0.29, 0.717) is 0 Å². The van der Waals surface area contributed by atoms with Gasteiger partial charge in [-0.3, -0.25) is 0 Å². The summed E-state index contributed by atoms with van der Waals surface area (Å²) in [5.74, 6) is -0.234. The molecule has 2 unspecified atom stereocenters. The molecule has 0 aliphatic carbocycles. The lowest BCUT2D eigenvalue weighted by Crippen LogP contribution is -2.35. The lowest BCUT2D eigenvalue weighted by Gasteiger charge is -2.20. The van der Waals surface area contributed by atoms with Gasteiger partial charge in [-0.15, -0.1) is 0 Å². The van der Waals surface area contributed by atoms with Gasteiger partial charge in [0, 0.05) is 17.1 Å². The third-order valence-electron chi connectivity index (χ3n) is 3.41. The van der Waals surface area contributed by atoms with E-state index in [1.807, 2.05) is 30.3 Å². The van der Waals surface area contributed by atoms with E-state index in [9.17, 15) is 20.1 Å². The fourth-order valence-electron chi connectivity index (χ4n) is 2.09. The number of carbonyl (C=O) groups excluding carboxylic acids is 1. The summed E-state index contributed by atoms with van der Waals surface area (Å²) in [6.07, 6.45) is -3.53. The Morgan fingerprint density at radius 1 is 1.24 bits per heavy atom. The molecule has 0 spiro atoms. The molecular formula is C17H17BrClNO5. The summed E-state index contributed by atoms with van der Waals surface area (Å²) in [5, 5.41) is 32.8. The number of amides is 1. The number of hydrogen-bond donors (Lipinski definition) is 4. The number of nitrogens with one attached hydrogen (secondary N) is 1. The molecule has 0 heterocycles. The zero-order valence-corrected chi connectivity index (χ0v) is 15.4. The number of carbonyl (C=O) groups is 1. The second kappa shape index (κ2) is 9.05. The Balaban J connectivity index is 1.87. The van der Waals surface area contributed by atoms with Crippen LogP contribution in [0.3, 0.4) is 0 Å². The number of benzene rings is 2. The molecule has 25 heavy (non-hydrogen) atoms. The van der Waals surface area contributed by atoms with Gasteiger partial charge in [0.05, 0.1) is 4.47 Å². The van der Waals surface area contributed by atoms with Crippen molar-refractivity contribution in [1.29, 1.82) is 0 Å². The van der Waals surface area contributed by atoms with E-state index in [1.54, 1.807) is 0 Å². The molecule has 0 aromatic heterocycles. The van der Waals surface area contributed by atoms with E-state index in [0.717, 1.165) is 5.56 Å². The van der Waals surface area contributed by atoms with Crippen molar-refractivity contribution in [2.24, 2.45) is 0 Å². The smallest absolute Gasteiger partial charge is 0.407 e. The Kier molecular flexibility index (Phi) is 7.07. The minimum absolute atomic E-state index is 0.0475. The van der Waals surface area contributed by atoms with Gasteiger partial charge in [-0.25, -0.2) is 4.79 Å². The Morgan fingerprint density at radius 2 is 1.92 bits per heavy atom. The van der Waals surface area contributed by atoms with Crippen molar-refractivity contribution in [2.75, 3.05) is 6.54 Å². The third kappa shape index (κ3) is 5.61. The molecule has 1 amide bonds. The highest BCUT2D eigenvalue weighted by molar-refractivity contribution is 9.10. The van der Waals surface area contributed by atoms with Gasteiger partial charge in [0.15, 0.2) is 0 Å². The van der Waals surface area contributed by atoms with Crippen molar-refractivity contribution in [2.45, 2.75) is 18.8 Å². The maximum atomic E-state index is 11.7. The van der Waals surface area contributed by atoms with Gasteiger partial charge in [0.2, 0.25) is 0 Å². The Hall–Kier alpha value is -1.80. The minimum Gasteiger partial charge on any atom is -0.506 e. The molecule has 134 valence electrons. The predicted octanol–water partition coefficient (Wildman–Crippen LogP) is 3.13. The number of rotatable bonds is 6. The van der Waals surface area contributed by atoms with Gasteiger partial charge in [-0.2, -0.15) is 0 Å². The molecule has 4 N–H and O–H groups in total. The van der Waals surface area contributed by atoms with E-state index in [2.05, 4.69) is 21.2 Å². The minimum atomic E-state index is -1.44. The van der Waals surface area contributed by atoms with E-state index in [4.69, 9.17) is 16.3 Å². The first-order valence-electron chi connectivity index (χ1n) is 7.37. The fraction of sp³-hybridized carbons (Fsp3) is 0.235. The van der Waals surface area contributed by atoms with Crippen molar-refractivity contribution < 1.29 is 24.9 Å². The Labute approximate surface area is 158 Å². The zero-order valence-electron chi connectivity index (χ0n) is 13.0. The summed E-state index contributed by atoms with van der Waals surface area (Å²) < 4.78 is 5.29. The van der Waals surface area contributed by atoms with Crippen molar-refractivity contribution in [3.8, 4) is 5.75 Å². The summed E-state index contributed by atoms with van der Waals surface area (Å²) in [6.45, 7) is -0.175. The lowest BCUT2D eigenvalue weighted by molar-refractivity contribution is 0.0171. The second-order valence-electron chi connectivity index (χ2n) is 5.28. The van der Waals surface area contributed by atoms with Crippen LogP contribution in [0.1, 0.15) is 17.2 Å². The van der Waals surface area contributed by atoms with E-state index in [-0.39, 0.29) is 34.0 Å². The molecule has 0 fully saturated rings. The third-order valence-corrected chi connectivity index (χ3v) is 4.23. The number of halogens is 2. The number of alkyl carbamates (subject to hydrolysis) is 1. The SMILES string of the molecule is O=C(NCC(O)C(O)c1cc(Cl)cc(Br)c1O)OCc1ccccc1. The summed E-state index contributed by atoms with van der Waals surface area (Å²) in [7, 11) is 0. The van der Waals surface area contributed by atoms with Crippen LogP contribution in [-0.2, 0) is 11.3 Å². The molecule has 0 saturated heterocycles. The van der Waals surface area contributed by atoms with Crippen LogP contribution < -0.4 is 5.32 Å². The Bertz CT molecular complexity index is 728.